The summed E-state index contributed by atoms with van der Waals surface area (Å²) in [6.45, 7) is 5.50. The number of phenols is 1. The van der Waals surface area contributed by atoms with Crippen LogP contribution in [0.25, 0.3) is 5.69 Å². The van der Waals surface area contributed by atoms with Crippen LogP contribution in [0.15, 0.2) is 59.7 Å². The Morgan fingerprint density at radius 2 is 1.56 bits per heavy atom. The fraction of sp³-hybridized carbons (Fsp3) is 0.300. The summed E-state index contributed by atoms with van der Waals surface area (Å²) >= 11 is 0. The van der Waals surface area contributed by atoms with E-state index in [1.54, 1.807) is 23.0 Å². The second-order valence-electron chi connectivity index (χ2n) is 6.43. The molecule has 3 aromatic rings. The zero-order valence-electron chi connectivity index (χ0n) is 15.6. The summed E-state index contributed by atoms with van der Waals surface area (Å²) in [6, 6.07) is 14.8. The fourth-order valence-corrected chi connectivity index (χ4v) is 2.70. The molecule has 1 heterocycles. The third-order valence-electron chi connectivity index (χ3n) is 4.50. The maximum absolute atomic E-state index is 12.4. The maximum atomic E-state index is 12.4. The lowest BCUT2D eigenvalue weighted by Crippen LogP contribution is -2.26. The number of benzene rings is 2. The molecule has 3 N–H and O–H groups in total. The normalized spacial score (nSPS) is 11.9. The molecule has 1 aromatic heterocycles. The first-order valence-electron chi connectivity index (χ1n) is 9.12. The van der Waals surface area contributed by atoms with Crippen molar-refractivity contribution in [2.75, 3.05) is 23.7 Å². The van der Waals surface area contributed by atoms with Crippen molar-refractivity contribution in [3.63, 3.8) is 0 Å². The highest BCUT2D eigenvalue weighted by atomic mass is 16.3. The minimum absolute atomic E-state index is 0.0840. The van der Waals surface area contributed by atoms with Gasteiger partial charge in [-0.1, -0.05) is 6.92 Å². The smallest absolute Gasteiger partial charge is 0.350 e. The molecule has 7 heteroatoms. The maximum Gasteiger partial charge on any atom is 0.350 e. The van der Waals surface area contributed by atoms with E-state index in [0.29, 0.717) is 0 Å². The predicted molar refractivity (Wildman–Crippen MR) is 108 cm³/mol. The Bertz CT molecular complexity index is 913. The molecule has 0 saturated heterocycles. The van der Waals surface area contributed by atoms with Gasteiger partial charge in [0, 0.05) is 24.5 Å². The summed E-state index contributed by atoms with van der Waals surface area (Å²) in [6.07, 6.45) is 2.43. The Balaban J connectivity index is 1.55. The topological polar surface area (TPSA) is 84.1 Å². The van der Waals surface area contributed by atoms with E-state index in [2.05, 4.69) is 15.7 Å². The quantitative estimate of drug-likeness (QED) is 0.420. The van der Waals surface area contributed by atoms with Gasteiger partial charge in [0.05, 0.1) is 11.7 Å². The van der Waals surface area contributed by atoms with Crippen molar-refractivity contribution in [3.05, 3.63) is 65.3 Å². The van der Waals surface area contributed by atoms with E-state index >= 15 is 0 Å². The van der Waals surface area contributed by atoms with Crippen molar-refractivity contribution in [2.24, 2.45) is 0 Å². The molecule has 0 saturated carbocycles. The molecular weight excluding hydrogens is 342 g/mol. The molecule has 0 aliphatic rings. The van der Waals surface area contributed by atoms with Crippen LogP contribution in [-0.4, -0.2) is 32.5 Å². The molecule has 0 amide bonds. The Morgan fingerprint density at radius 1 is 1.00 bits per heavy atom. The first kappa shape index (κ1) is 18.6. The molecule has 0 radical (unpaired) electrons. The summed E-state index contributed by atoms with van der Waals surface area (Å²) in [5.41, 5.74) is 2.61. The summed E-state index contributed by atoms with van der Waals surface area (Å²) in [4.78, 5) is 12.4. The first-order valence-corrected chi connectivity index (χ1v) is 9.12. The summed E-state index contributed by atoms with van der Waals surface area (Å²) in [7, 11) is 0. The van der Waals surface area contributed by atoms with E-state index < -0.39 is 0 Å². The van der Waals surface area contributed by atoms with Gasteiger partial charge in [-0.25, -0.2) is 14.0 Å². The molecule has 27 heavy (non-hydrogen) atoms. The standard InChI is InChI=1S/C20H25N5O2/c1-3-15(2)25-20(27)24(14-23-25)18-8-4-16(5-9-18)21-12-13-22-17-6-10-19(26)11-7-17/h4-11,14-15,21-22,26H,3,12-13H2,1-2H3/t15-/m1/s1. The van der Waals surface area contributed by atoms with Crippen LogP contribution in [-0.2, 0) is 0 Å². The minimum atomic E-state index is -0.122. The van der Waals surface area contributed by atoms with Crippen LogP contribution in [0.5, 0.6) is 5.75 Å². The SMILES string of the molecule is CC[C@@H](C)n1ncn(-c2ccc(NCCNc3ccc(O)cc3)cc2)c1=O. The van der Waals surface area contributed by atoms with Crippen LogP contribution in [0, 0.1) is 0 Å². The average molecular weight is 367 g/mol. The summed E-state index contributed by atoms with van der Waals surface area (Å²) in [5, 5.41) is 20.1. The number of hydrogen-bond acceptors (Lipinski definition) is 5. The van der Waals surface area contributed by atoms with Gasteiger partial charge in [-0.2, -0.15) is 5.10 Å². The Labute approximate surface area is 158 Å². The molecule has 2 aromatic carbocycles. The number of phenolic OH excluding ortho intramolecular Hbond substituents is 1. The van der Waals surface area contributed by atoms with E-state index in [0.717, 1.165) is 36.6 Å². The summed E-state index contributed by atoms with van der Waals surface area (Å²) in [5.74, 6) is 0.257. The predicted octanol–water partition coefficient (Wildman–Crippen LogP) is 3.23. The van der Waals surface area contributed by atoms with E-state index in [1.807, 2.05) is 50.2 Å². The van der Waals surface area contributed by atoms with Crippen molar-refractivity contribution in [1.29, 1.82) is 0 Å². The van der Waals surface area contributed by atoms with Crippen LogP contribution in [0.2, 0.25) is 0 Å². The van der Waals surface area contributed by atoms with Crippen LogP contribution >= 0.6 is 0 Å². The molecule has 7 nitrogen and oxygen atoms in total. The monoisotopic (exact) mass is 367 g/mol. The lowest BCUT2D eigenvalue weighted by atomic mass is 10.2. The summed E-state index contributed by atoms with van der Waals surface area (Å²) < 4.78 is 3.07. The van der Waals surface area contributed by atoms with Crippen molar-refractivity contribution >= 4 is 11.4 Å². The average Bonchev–Trinajstić information content (AvgIpc) is 3.08. The van der Waals surface area contributed by atoms with Gasteiger partial charge in [-0.15, -0.1) is 0 Å². The number of nitrogens with zero attached hydrogens (tertiary/aromatic N) is 3. The van der Waals surface area contributed by atoms with Gasteiger partial charge >= 0.3 is 5.69 Å². The fourth-order valence-electron chi connectivity index (χ4n) is 2.70. The van der Waals surface area contributed by atoms with Gasteiger partial charge in [-0.3, -0.25) is 0 Å². The number of aromatic nitrogens is 3. The highest BCUT2D eigenvalue weighted by Crippen LogP contribution is 2.14. The van der Waals surface area contributed by atoms with Gasteiger partial charge in [0.15, 0.2) is 0 Å². The second-order valence-corrected chi connectivity index (χ2v) is 6.43. The molecular formula is C20H25N5O2. The lowest BCUT2D eigenvalue weighted by molar-refractivity contribution is 0.460. The van der Waals surface area contributed by atoms with Crippen molar-refractivity contribution in [3.8, 4) is 11.4 Å². The van der Waals surface area contributed by atoms with Gasteiger partial charge < -0.3 is 15.7 Å². The Morgan fingerprint density at radius 3 is 2.11 bits per heavy atom. The molecule has 0 aliphatic carbocycles. The zero-order valence-corrected chi connectivity index (χ0v) is 15.6. The number of hydrogen-bond donors (Lipinski definition) is 3. The van der Waals surface area contributed by atoms with Crippen LogP contribution in [0.1, 0.15) is 26.3 Å². The van der Waals surface area contributed by atoms with Crippen LogP contribution < -0.4 is 16.3 Å². The van der Waals surface area contributed by atoms with Crippen molar-refractivity contribution < 1.29 is 5.11 Å². The van der Waals surface area contributed by atoms with Crippen LogP contribution in [0.3, 0.4) is 0 Å². The van der Waals surface area contributed by atoms with Gasteiger partial charge in [0.1, 0.15) is 12.1 Å². The molecule has 0 aliphatic heterocycles. The lowest BCUT2D eigenvalue weighted by Gasteiger charge is -2.10. The number of anilines is 2. The highest BCUT2D eigenvalue weighted by molar-refractivity contribution is 5.49. The minimum Gasteiger partial charge on any atom is -0.508 e. The molecule has 142 valence electrons. The van der Waals surface area contributed by atoms with Crippen molar-refractivity contribution in [1.82, 2.24) is 14.3 Å². The van der Waals surface area contributed by atoms with Gasteiger partial charge in [0.2, 0.25) is 0 Å². The molecule has 1 atom stereocenters. The number of nitrogens with one attached hydrogen (secondary N) is 2. The van der Waals surface area contributed by atoms with E-state index in [-0.39, 0.29) is 17.5 Å². The second kappa shape index (κ2) is 8.44. The van der Waals surface area contributed by atoms with Crippen LogP contribution in [0.4, 0.5) is 11.4 Å². The third kappa shape index (κ3) is 4.49. The van der Waals surface area contributed by atoms with E-state index in [1.165, 1.54) is 4.68 Å². The van der Waals surface area contributed by atoms with E-state index in [4.69, 9.17) is 0 Å². The highest BCUT2D eigenvalue weighted by Gasteiger charge is 2.11. The molecule has 0 unspecified atom stereocenters. The van der Waals surface area contributed by atoms with Crippen molar-refractivity contribution in [2.45, 2.75) is 26.3 Å². The zero-order chi connectivity index (χ0) is 19.2. The van der Waals surface area contributed by atoms with Gasteiger partial charge in [0.25, 0.3) is 0 Å². The van der Waals surface area contributed by atoms with Gasteiger partial charge in [-0.05, 0) is 61.9 Å². The molecule has 0 fully saturated rings. The number of rotatable bonds is 8. The molecule has 0 bridgehead atoms. The largest absolute Gasteiger partial charge is 0.508 e. The molecule has 3 rings (SSSR count). The number of aromatic hydroxyl groups is 1. The Hall–Kier alpha value is -3.22. The van der Waals surface area contributed by atoms with E-state index in [9.17, 15) is 9.90 Å². The Kier molecular flexibility index (Phi) is 5.80. The third-order valence-corrected chi connectivity index (χ3v) is 4.50. The molecule has 0 spiro atoms. The first-order chi connectivity index (χ1) is 13.1.